The van der Waals surface area contributed by atoms with Crippen molar-refractivity contribution in [1.82, 2.24) is 9.80 Å². The Labute approximate surface area is 127 Å². The average Bonchev–Trinajstić information content (AvgIpc) is 2.36. The fourth-order valence-electron chi connectivity index (χ4n) is 2.29. The zero-order valence-electron chi connectivity index (χ0n) is 12.8. The first-order valence-corrected chi connectivity index (χ1v) is 7.24. The molecule has 0 heterocycles. The minimum atomic E-state index is 0.0479. The second kappa shape index (κ2) is 7.62. The number of hydrogen-bond donors (Lipinski definition) is 2. The van der Waals surface area contributed by atoms with E-state index in [4.69, 9.17) is 22.7 Å². The maximum absolute atomic E-state index is 7.43. The molecule has 0 saturated heterocycles. The number of likely N-dealkylation sites (N-methyl/N-ethyl adjacent to an activating group) is 2. The van der Waals surface area contributed by atoms with Gasteiger partial charge in [0.25, 0.3) is 0 Å². The Balaban J connectivity index is 2.82. The van der Waals surface area contributed by atoms with E-state index in [0.29, 0.717) is 16.6 Å². The van der Waals surface area contributed by atoms with Crippen LogP contribution in [-0.4, -0.2) is 48.9 Å². The van der Waals surface area contributed by atoms with Crippen molar-refractivity contribution in [2.24, 2.45) is 5.73 Å². The lowest BCUT2D eigenvalue weighted by molar-refractivity contribution is 0.174. The highest BCUT2D eigenvalue weighted by atomic mass is 35.5. The number of halogens is 1. The van der Waals surface area contributed by atoms with Gasteiger partial charge in [0.2, 0.25) is 0 Å². The van der Waals surface area contributed by atoms with Crippen LogP contribution in [0.3, 0.4) is 0 Å². The molecule has 0 saturated carbocycles. The van der Waals surface area contributed by atoms with Gasteiger partial charge in [-0.1, -0.05) is 30.7 Å². The number of nitrogens with one attached hydrogen (secondary N) is 1. The van der Waals surface area contributed by atoms with Crippen LogP contribution in [0.4, 0.5) is 0 Å². The molecule has 5 heteroatoms. The van der Waals surface area contributed by atoms with Crippen molar-refractivity contribution in [1.29, 1.82) is 5.41 Å². The number of benzene rings is 1. The number of hydrogen-bond acceptors (Lipinski definition) is 3. The first-order chi connectivity index (χ1) is 9.35. The van der Waals surface area contributed by atoms with Crippen molar-refractivity contribution in [2.45, 2.75) is 26.4 Å². The van der Waals surface area contributed by atoms with Gasteiger partial charge in [-0.05, 0) is 39.2 Å². The molecule has 1 atom stereocenters. The van der Waals surface area contributed by atoms with E-state index in [9.17, 15) is 0 Å². The van der Waals surface area contributed by atoms with Crippen molar-refractivity contribution < 1.29 is 0 Å². The maximum atomic E-state index is 7.43. The fourth-order valence-corrected chi connectivity index (χ4v) is 2.53. The van der Waals surface area contributed by atoms with Crippen LogP contribution >= 0.6 is 11.6 Å². The van der Waals surface area contributed by atoms with Crippen LogP contribution in [0.2, 0.25) is 5.02 Å². The van der Waals surface area contributed by atoms with Gasteiger partial charge in [-0.15, -0.1) is 0 Å². The van der Waals surface area contributed by atoms with Gasteiger partial charge < -0.3 is 10.6 Å². The summed E-state index contributed by atoms with van der Waals surface area (Å²) >= 11 is 6.30. The zero-order valence-corrected chi connectivity index (χ0v) is 13.5. The van der Waals surface area contributed by atoms with E-state index in [1.165, 1.54) is 0 Å². The predicted molar refractivity (Wildman–Crippen MR) is 86.6 cm³/mol. The van der Waals surface area contributed by atoms with E-state index >= 15 is 0 Å². The van der Waals surface area contributed by atoms with E-state index in [2.05, 4.69) is 37.7 Å². The van der Waals surface area contributed by atoms with Crippen LogP contribution in [0.1, 0.15) is 25.0 Å². The molecular formula is C15H25ClN4. The quantitative estimate of drug-likeness (QED) is 0.600. The summed E-state index contributed by atoms with van der Waals surface area (Å²) in [7, 11) is 4.16. The fraction of sp³-hybridized carbons (Fsp3) is 0.533. The molecule has 0 fully saturated rings. The molecule has 1 aromatic rings. The zero-order chi connectivity index (χ0) is 15.3. The van der Waals surface area contributed by atoms with Gasteiger partial charge in [-0.2, -0.15) is 0 Å². The predicted octanol–water partition coefficient (Wildman–Crippen LogP) is 2.40. The highest BCUT2D eigenvalue weighted by molar-refractivity contribution is 6.31. The smallest absolute Gasteiger partial charge is 0.122 e. The highest BCUT2D eigenvalue weighted by Crippen LogP contribution is 2.20. The molecule has 112 valence electrons. The monoisotopic (exact) mass is 296 g/mol. The van der Waals surface area contributed by atoms with Crippen molar-refractivity contribution in [3.8, 4) is 0 Å². The summed E-state index contributed by atoms with van der Waals surface area (Å²) in [4.78, 5) is 4.57. The van der Waals surface area contributed by atoms with E-state index in [-0.39, 0.29) is 5.84 Å². The number of nitrogens with zero attached hydrogens (tertiary/aromatic N) is 2. The van der Waals surface area contributed by atoms with Crippen molar-refractivity contribution >= 4 is 17.4 Å². The van der Waals surface area contributed by atoms with Gasteiger partial charge in [0.15, 0.2) is 0 Å². The maximum Gasteiger partial charge on any atom is 0.122 e. The molecule has 0 aromatic heterocycles. The van der Waals surface area contributed by atoms with Crippen LogP contribution in [0, 0.1) is 5.41 Å². The molecule has 20 heavy (non-hydrogen) atoms. The Kier molecular flexibility index (Phi) is 6.46. The lowest BCUT2D eigenvalue weighted by Gasteiger charge is -2.30. The molecule has 4 nitrogen and oxygen atoms in total. The lowest BCUT2D eigenvalue weighted by Crippen LogP contribution is -2.39. The van der Waals surface area contributed by atoms with Crippen LogP contribution in [0.15, 0.2) is 18.2 Å². The molecule has 1 aromatic carbocycles. The highest BCUT2D eigenvalue weighted by Gasteiger charge is 2.15. The summed E-state index contributed by atoms with van der Waals surface area (Å²) < 4.78 is 0. The Morgan fingerprint density at radius 2 is 2.05 bits per heavy atom. The molecule has 0 aliphatic heterocycles. The standard InChI is InChI=1S/C15H25ClN4/c1-5-20(11(2)9-19(3)4)10-13-7-6-12(15(17)18)8-14(13)16/h6-8,11H,5,9-10H2,1-4H3,(H3,17,18). The van der Waals surface area contributed by atoms with Gasteiger partial charge in [0.1, 0.15) is 5.84 Å². The van der Waals surface area contributed by atoms with Crippen LogP contribution < -0.4 is 5.73 Å². The van der Waals surface area contributed by atoms with Gasteiger partial charge in [0, 0.05) is 29.7 Å². The summed E-state index contributed by atoms with van der Waals surface area (Å²) in [6.45, 7) is 7.17. The third-order valence-corrected chi connectivity index (χ3v) is 3.75. The van der Waals surface area contributed by atoms with Crippen LogP contribution in [-0.2, 0) is 6.54 Å². The van der Waals surface area contributed by atoms with E-state index in [1.807, 2.05) is 12.1 Å². The van der Waals surface area contributed by atoms with Gasteiger partial charge in [-0.3, -0.25) is 10.3 Å². The van der Waals surface area contributed by atoms with Crippen molar-refractivity contribution in [2.75, 3.05) is 27.2 Å². The molecule has 1 unspecified atom stereocenters. The topological polar surface area (TPSA) is 56.4 Å². The Bertz CT molecular complexity index is 459. The Hall–Kier alpha value is -1.10. The summed E-state index contributed by atoms with van der Waals surface area (Å²) in [5.41, 5.74) is 7.21. The van der Waals surface area contributed by atoms with E-state index < -0.39 is 0 Å². The molecule has 0 aliphatic rings. The number of nitrogens with two attached hydrogens (primary N) is 1. The first-order valence-electron chi connectivity index (χ1n) is 6.86. The summed E-state index contributed by atoms with van der Waals surface area (Å²) in [5, 5.41) is 8.10. The third-order valence-electron chi connectivity index (χ3n) is 3.40. The second-order valence-corrected chi connectivity index (χ2v) is 5.80. The second-order valence-electron chi connectivity index (χ2n) is 5.39. The minimum Gasteiger partial charge on any atom is -0.384 e. The van der Waals surface area contributed by atoms with Gasteiger partial charge in [0.05, 0.1) is 0 Å². The Morgan fingerprint density at radius 3 is 2.50 bits per heavy atom. The van der Waals surface area contributed by atoms with Crippen LogP contribution in [0.5, 0.6) is 0 Å². The molecule has 0 spiro atoms. The van der Waals surface area contributed by atoms with Gasteiger partial charge in [-0.25, -0.2) is 0 Å². The number of rotatable bonds is 7. The molecule has 0 radical (unpaired) electrons. The molecule has 0 aliphatic carbocycles. The van der Waals surface area contributed by atoms with E-state index in [0.717, 1.165) is 25.2 Å². The Morgan fingerprint density at radius 1 is 1.40 bits per heavy atom. The SMILES string of the molecule is CCN(Cc1ccc(C(=N)N)cc1Cl)C(C)CN(C)C. The number of nitrogen functional groups attached to an aromatic ring is 1. The summed E-state index contributed by atoms with van der Waals surface area (Å²) in [6.07, 6.45) is 0. The van der Waals surface area contributed by atoms with Crippen LogP contribution in [0.25, 0.3) is 0 Å². The summed E-state index contributed by atoms with van der Waals surface area (Å²) in [5.74, 6) is 0.0479. The lowest BCUT2D eigenvalue weighted by atomic mass is 10.1. The minimum absolute atomic E-state index is 0.0479. The average molecular weight is 297 g/mol. The molecule has 1 rings (SSSR count). The van der Waals surface area contributed by atoms with Crippen molar-refractivity contribution in [3.05, 3.63) is 34.3 Å². The third kappa shape index (κ3) is 4.78. The first kappa shape index (κ1) is 17.0. The van der Waals surface area contributed by atoms with E-state index in [1.54, 1.807) is 6.07 Å². The largest absolute Gasteiger partial charge is 0.384 e. The molecule has 0 bridgehead atoms. The van der Waals surface area contributed by atoms with Crippen molar-refractivity contribution in [3.63, 3.8) is 0 Å². The molecular weight excluding hydrogens is 272 g/mol. The van der Waals surface area contributed by atoms with Gasteiger partial charge >= 0.3 is 0 Å². The normalized spacial score (nSPS) is 12.9. The molecule has 3 N–H and O–H groups in total. The number of amidine groups is 1. The molecule has 0 amide bonds. The summed E-state index contributed by atoms with van der Waals surface area (Å²) in [6, 6.07) is 6.04.